The lowest BCUT2D eigenvalue weighted by Gasteiger charge is -2.26. The summed E-state index contributed by atoms with van der Waals surface area (Å²) in [4.78, 5) is 2.51. The van der Waals surface area contributed by atoms with Gasteiger partial charge in [-0.25, -0.2) is 0 Å². The van der Waals surface area contributed by atoms with Crippen molar-refractivity contribution in [1.29, 1.82) is 0 Å². The van der Waals surface area contributed by atoms with E-state index in [0.29, 0.717) is 6.61 Å². The minimum Gasteiger partial charge on any atom is -0.375 e. The minimum atomic E-state index is 0.690. The van der Waals surface area contributed by atoms with E-state index in [-0.39, 0.29) is 0 Å². The van der Waals surface area contributed by atoms with Crippen molar-refractivity contribution in [3.63, 3.8) is 0 Å². The predicted octanol–water partition coefficient (Wildman–Crippen LogP) is 3.56. The molecule has 1 heterocycles. The average Bonchev–Trinajstić information content (AvgIpc) is 2.52. The van der Waals surface area contributed by atoms with Crippen molar-refractivity contribution in [2.24, 2.45) is 0 Å². The molecule has 1 aromatic rings. The Bertz CT molecular complexity index is 419. The Morgan fingerprint density at radius 2 is 2.05 bits per heavy atom. The van der Waals surface area contributed by atoms with Crippen LogP contribution in [0.4, 0.5) is 0 Å². The van der Waals surface area contributed by atoms with Crippen molar-refractivity contribution >= 4 is 15.9 Å². The summed E-state index contributed by atoms with van der Waals surface area (Å²) in [6.45, 7) is 9.11. The van der Waals surface area contributed by atoms with Crippen LogP contribution in [0.5, 0.6) is 0 Å². The second-order valence-electron chi connectivity index (χ2n) is 5.66. The molecular formula is C17H27BrN2O. The highest BCUT2D eigenvalue weighted by atomic mass is 79.9. The largest absolute Gasteiger partial charge is 0.375 e. The van der Waals surface area contributed by atoms with Gasteiger partial charge in [-0.3, -0.25) is 0 Å². The van der Waals surface area contributed by atoms with Crippen LogP contribution in [0.1, 0.15) is 37.3 Å². The lowest BCUT2D eigenvalue weighted by atomic mass is 10.1. The number of hydrogen-bond donors (Lipinski definition) is 1. The molecule has 0 bridgehead atoms. The predicted molar refractivity (Wildman–Crippen MR) is 91.5 cm³/mol. The van der Waals surface area contributed by atoms with Crippen LogP contribution >= 0.6 is 15.9 Å². The molecule has 4 heteroatoms. The molecule has 0 atom stereocenters. The zero-order valence-electron chi connectivity index (χ0n) is 13.0. The zero-order valence-corrected chi connectivity index (χ0v) is 14.6. The van der Waals surface area contributed by atoms with E-state index in [0.717, 1.165) is 30.7 Å². The molecule has 1 saturated heterocycles. The Hall–Kier alpha value is -0.420. The number of nitrogens with zero attached hydrogens (tertiary/aromatic N) is 1. The Balaban J connectivity index is 1.70. The molecule has 0 unspecified atom stereocenters. The molecule has 0 aromatic heterocycles. The van der Waals surface area contributed by atoms with Crippen molar-refractivity contribution in [2.45, 2.75) is 39.3 Å². The second kappa shape index (κ2) is 9.57. The SMILES string of the molecule is CCNCc1ccc(COCCN2CCCCC2)c(Br)c1. The van der Waals surface area contributed by atoms with Crippen LogP contribution in [0.15, 0.2) is 22.7 Å². The standard InChI is InChI=1S/C17H27BrN2O/c1-2-19-13-15-6-7-16(17(18)12-15)14-21-11-10-20-8-4-3-5-9-20/h6-7,12,19H,2-5,8-11,13-14H2,1H3. The normalized spacial score (nSPS) is 16.3. The van der Waals surface area contributed by atoms with Gasteiger partial charge >= 0.3 is 0 Å². The first-order valence-electron chi connectivity index (χ1n) is 8.07. The fourth-order valence-electron chi connectivity index (χ4n) is 2.65. The minimum absolute atomic E-state index is 0.690. The molecule has 1 fully saturated rings. The van der Waals surface area contributed by atoms with Gasteiger partial charge in [0, 0.05) is 17.6 Å². The fraction of sp³-hybridized carbons (Fsp3) is 0.647. The number of likely N-dealkylation sites (tertiary alicyclic amines) is 1. The summed E-state index contributed by atoms with van der Waals surface area (Å²) in [6, 6.07) is 6.53. The lowest BCUT2D eigenvalue weighted by molar-refractivity contribution is 0.0860. The van der Waals surface area contributed by atoms with E-state index >= 15 is 0 Å². The van der Waals surface area contributed by atoms with E-state index < -0.39 is 0 Å². The summed E-state index contributed by atoms with van der Waals surface area (Å²) in [5.74, 6) is 0. The highest BCUT2D eigenvalue weighted by molar-refractivity contribution is 9.10. The number of halogens is 1. The van der Waals surface area contributed by atoms with Gasteiger partial charge in [0.2, 0.25) is 0 Å². The van der Waals surface area contributed by atoms with Crippen molar-refractivity contribution in [1.82, 2.24) is 10.2 Å². The van der Waals surface area contributed by atoms with Crippen molar-refractivity contribution in [3.8, 4) is 0 Å². The van der Waals surface area contributed by atoms with Gasteiger partial charge in [-0.2, -0.15) is 0 Å². The summed E-state index contributed by atoms with van der Waals surface area (Å²) >= 11 is 3.65. The number of benzene rings is 1. The Morgan fingerprint density at radius 3 is 2.76 bits per heavy atom. The van der Waals surface area contributed by atoms with Crippen LogP contribution in [0, 0.1) is 0 Å². The van der Waals surface area contributed by atoms with Gasteiger partial charge in [0.25, 0.3) is 0 Å². The molecule has 3 nitrogen and oxygen atoms in total. The summed E-state index contributed by atoms with van der Waals surface area (Å²) in [5.41, 5.74) is 2.54. The molecule has 0 radical (unpaired) electrons. The van der Waals surface area contributed by atoms with Crippen LogP contribution < -0.4 is 5.32 Å². The number of ether oxygens (including phenoxy) is 1. The van der Waals surface area contributed by atoms with E-state index in [2.05, 4.69) is 51.3 Å². The van der Waals surface area contributed by atoms with Crippen molar-refractivity contribution < 1.29 is 4.74 Å². The Morgan fingerprint density at radius 1 is 1.24 bits per heavy atom. The molecule has 0 aliphatic carbocycles. The van der Waals surface area contributed by atoms with E-state index in [1.807, 2.05) is 0 Å². The van der Waals surface area contributed by atoms with Gasteiger partial charge in [-0.05, 0) is 49.7 Å². The first-order valence-corrected chi connectivity index (χ1v) is 8.87. The van der Waals surface area contributed by atoms with Crippen LogP contribution in [0.2, 0.25) is 0 Å². The van der Waals surface area contributed by atoms with Gasteiger partial charge < -0.3 is 15.0 Å². The molecule has 1 N–H and O–H groups in total. The smallest absolute Gasteiger partial charge is 0.0728 e. The Labute approximate surface area is 137 Å². The third-order valence-corrected chi connectivity index (χ3v) is 4.69. The Kier molecular flexibility index (Phi) is 7.72. The summed E-state index contributed by atoms with van der Waals surface area (Å²) in [7, 11) is 0. The molecule has 1 aromatic carbocycles. The van der Waals surface area contributed by atoms with Crippen LogP contribution in [0.3, 0.4) is 0 Å². The van der Waals surface area contributed by atoms with Gasteiger partial charge in [0.15, 0.2) is 0 Å². The van der Waals surface area contributed by atoms with Gasteiger partial charge in [-0.15, -0.1) is 0 Å². The number of piperidine rings is 1. The molecule has 21 heavy (non-hydrogen) atoms. The maximum atomic E-state index is 5.84. The molecule has 1 aliphatic rings. The molecule has 2 rings (SSSR count). The van der Waals surface area contributed by atoms with E-state index in [1.54, 1.807) is 0 Å². The maximum absolute atomic E-state index is 5.84. The zero-order chi connectivity index (χ0) is 14.9. The molecule has 0 saturated carbocycles. The fourth-order valence-corrected chi connectivity index (χ4v) is 3.19. The van der Waals surface area contributed by atoms with Crippen LogP contribution in [-0.4, -0.2) is 37.7 Å². The first kappa shape index (κ1) is 16.9. The quantitative estimate of drug-likeness (QED) is 0.722. The second-order valence-corrected chi connectivity index (χ2v) is 6.52. The monoisotopic (exact) mass is 354 g/mol. The summed E-state index contributed by atoms with van der Waals surface area (Å²) in [6.07, 6.45) is 4.08. The molecule has 0 amide bonds. The van der Waals surface area contributed by atoms with Gasteiger partial charge in [0.1, 0.15) is 0 Å². The summed E-state index contributed by atoms with van der Waals surface area (Å²) < 4.78 is 6.99. The van der Waals surface area contributed by atoms with E-state index in [1.165, 1.54) is 43.5 Å². The van der Waals surface area contributed by atoms with Crippen LogP contribution in [-0.2, 0) is 17.9 Å². The number of nitrogens with one attached hydrogen (secondary N) is 1. The van der Waals surface area contributed by atoms with E-state index in [4.69, 9.17) is 4.74 Å². The van der Waals surface area contributed by atoms with Gasteiger partial charge in [-0.1, -0.05) is 41.4 Å². The lowest BCUT2D eigenvalue weighted by Crippen LogP contribution is -2.32. The third kappa shape index (κ3) is 6.07. The van der Waals surface area contributed by atoms with E-state index in [9.17, 15) is 0 Å². The average molecular weight is 355 g/mol. The number of hydrogen-bond acceptors (Lipinski definition) is 3. The van der Waals surface area contributed by atoms with Crippen molar-refractivity contribution in [2.75, 3.05) is 32.8 Å². The highest BCUT2D eigenvalue weighted by Gasteiger charge is 2.09. The molecule has 1 aliphatic heterocycles. The number of rotatable bonds is 8. The topological polar surface area (TPSA) is 24.5 Å². The maximum Gasteiger partial charge on any atom is 0.0728 e. The van der Waals surface area contributed by atoms with Crippen LogP contribution in [0.25, 0.3) is 0 Å². The molecule has 118 valence electrons. The third-order valence-electron chi connectivity index (χ3n) is 3.95. The summed E-state index contributed by atoms with van der Waals surface area (Å²) in [5, 5.41) is 3.34. The van der Waals surface area contributed by atoms with Crippen molar-refractivity contribution in [3.05, 3.63) is 33.8 Å². The van der Waals surface area contributed by atoms with Gasteiger partial charge in [0.05, 0.1) is 13.2 Å². The first-order chi connectivity index (χ1) is 10.3. The highest BCUT2D eigenvalue weighted by Crippen LogP contribution is 2.19. The molecular weight excluding hydrogens is 328 g/mol. The molecule has 0 spiro atoms.